The predicted octanol–water partition coefficient (Wildman–Crippen LogP) is 3.43. The van der Waals surface area contributed by atoms with E-state index in [-0.39, 0.29) is 28.9 Å². The first-order valence-corrected chi connectivity index (χ1v) is 9.73. The van der Waals surface area contributed by atoms with E-state index in [4.69, 9.17) is 0 Å². The van der Waals surface area contributed by atoms with Crippen LogP contribution in [0.1, 0.15) is 16.8 Å². The number of thioether (sulfide) groups is 1. The van der Waals surface area contributed by atoms with Gasteiger partial charge in [-0.15, -0.1) is 11.8 Å². The lowest BCUT2D eigenvalue weighted by Crippen LogP contribution is -2.38. The van der Waals surface area contributed by atoms with E-state index in [2.05, 4.69) is 0 Å². The molecule has 1 aliphatic rings. The molecular weight excluding hydrogens is 370 g/mol. The van der Waals surface area contributed by atoms with Crippen molar-refractivity contribution in [3.05, 3.63) is 65.7 Å². The molecule has 0 unspecified atom stereocenters. The van der Waals surface area contributed by atoms with E-state index in [0.29, 0.717) is 32.6 Å². The van der Waals surface area contributed by atoms with Gasteiger partial charge in [0.05, 0.1) is 11.3 Å². The monoisotopic (exact) mass is 390 g/mol. The first kappa shape index (κ1) is 19.4. The molecule has 0 bridgehead atoms. The van der Waals surface area contributed by atoms with Crippen molar-refractivity contribution >= 4 is 23.6 Å². The summed E-state index contributed by atoms with van der Waals surface area (Å²) in [4.78, 5) is 29.1. The zero-order chi connectivity index (χ0) is 19.2. The molecule has 1 aliphatic heterocycles. The Morgan fingerprint density at radius 3 is 2.30 bits per heavy atom. The number of carbonyl (C=O) groups is 2. The number of carbonyl (C=O) groups excluding carboxylic acids is 2. The number of benzene rings is 2. The number of hydrogen-bond donors (Lipinski definition) is 0. The molecular formula is C20H20F2N2O2S. The first-order valence-electron chi connectivity index (χ1n) is 8.74. The molecule has 2 aromatic carbocycles. The molecule has 0 aromatic heterocycles. The molecule has 4 nitrogen and oxygen atoms in total. The molecule has 2 amide bonds. The molecule has 0 atom stereocenters. The van der Waals surface area contributed by atoms with Gasteiger partial charge in [-0.1, -0.05) is 12.1 Å². The van der Waals surface area contributed by atoms with Crippen LogP contribution in [0.4, 0.5) is 8.78 Å². The van der Waals surface area contributed by atoms with Crippen LogP contribution in [0.2, 0.25) is 0 Å². The van der Waals surface area contributed by atoms with Crippen molar-refractivity contribution in [2.24, 2.45) is 0 Å². The van der Waals surface area contributed by atoms with E-state index in [1.54, 1.807) is 34.1 Å². The van der Waals surface area contributed by atoms with Crippen molar-refractivity contribution in [2.75, 3.05) is 31.9 Å². The Morgan fingerprint density at radius 1 is 0.889 bits per heavy atom. The van der Waals surface area contributed by atoms with Crippen molar-refractivity contribution in [2.45, 2.75) is 11.3 Å². The Bertz CT molecular complexity index is 814. The maximum Gasteiger partial charge on any atom is 0.256 e. The zero-order valence-corrected chi connectivity index (χ0v) is 15.6. The van der Waals surface area contributed by atoms with Gasteiger partial charge in [0.1, 0.15) is 11.6 Å². The number of halogens is 2. The lowest BCUT2D eigenvalue weighted by molar-refractivity contribution is -0.128. The molecule has 0 saturated carbocycles. The van der Waals surface area contributed by atoms with E-state index in [0.717, 1.165) is 4.90 Å². The van der Waals surface area contributed by atoms with Crippen LogP contribution in [-0.4, -0.2) is 53.5 Å². The van der Waals surface area contributed by atoms with Crippen molar-refractivity contribution in [1.82, 2.24) is 9.80 Å². The molecule has 7 heteroatoms. The largest absolute Gasteiger partial charge is 0.340 e. The molecule has 0 radical (unpaired) electrons. The van der Waals surface area contributed by atoms with Gasteiger partial charge in [-0.25, -0.2) is 8.78 Å². The highest BCUT2D eigenvalue weighted by Gasteiger charge is 2.24. The van der Waals surface area contributed by atoms with Crippen LogP contribution in [0.5, 0.6) is 0 Å². The Balaban J connectivity index is 1.54. The van der Waals surface area contributed by atoms with E-state index in [1.807, 2.05) is 0 Å². The molecule has 2 aromatic rings. The minimum Gasteiger partial charge on any atom is -0.340 e. The van der Waals surface area contributed by atoms with E-state index < -0.39 is 5.82 Å². The van der Waals surface area contributed by atoms with E-state index >= 15 is 0 Å². The predicted molar refractivity (Wildman–Crippen MR) is 101 cm³/mol. The number of amides is 2. The van der Waals surface area contributed by atoms with Gasteiger partial charge in [-0.3, -0.25) is 9.59 Å². The zero-order valence-electron chi connectivity index (χ0n) is 14.7. The standard InChI is InChI=1S/C20H20F2N2O2S/c21-15-6-8-16(9-7-15)27-14-19(25)23-10-3-11-24(13-12-23)20(26)17-4-1-2-5-18(17)22/h1-2,4-9H,3,10-14H2. The molecule has 3 rings (SSSR count). The minimum atomic E-state index is -0.532. The van der Waals surface area contributed by atoms with Crippen LogP contribution < -0.4 is 0 Å². The van der Waals surface area contributed by atoms with Crippen molar-refractivity contribution < 1.29 is 18.4 Å². The normalized spacial score (nSPS) is 14.7. The van der Waals surface area contributed by atoms with Gasteiger partial charge in [-0.05, 0) is 42.8 Å². The Morgan fingerprint density at radius 2 is 1.56 bits per heavy atom. The third-order valence-corrected chi connectivity index (χ3v) is 5.41. The van der Waals surface area contributed by atoms with Gasteiger partial charge < -0.3 is 9.80 Å². The number of rotatable bonds is 4. The fourth-order valence-electron chi connectivity index (χ4n) is 2.94. The first-order chi connectivity index (χ1) is 13.0. The van der Waals surface area contributed by atoms with Gasteiger partial charge in [0.15, 0.2) is 0 Å². The summed E-state index contributed by atoms with van der Waals surface area (Å²) in [5, 5.41) is 0. The van der Waals surface area contributed by atoms with Crippen LogP contribution in [0, 0.1) is 11.6 Å². The van der Waals surface area contributed by atoms with Gasteiger partial charge in [-0.2, -0.15) is 0 Å². The highest BCUT2D eigenvalue weighted by molar-refractivity contribution is 8.00. The third kappa shape index (κ3) is 5.07. The topological polar surface area (TPSA) is 40.6 Å². The van der Waals surface area contributed by atoms with Gasteiger partial charge >= 0.3 is 0 Å². The smallest absolute Gasteiger partial charge is 0.256 e. The summed E-state index contributed by atoms with van der Waals surface area (Å²) in [6.07, 6.45) is 0.646. The fraction of sp³-hybridized carbons (Fsp3) is 0.300. The van der Waals surface area contributed by atoms with Gasteiger partial charge in [0.2, 0.25) is 5.91 Å². The summed E-state index contributed by atoms with van der Waals surface area (Å²) >= 11 is 1.36. The van der Waals surface area contributed by atoms with Crippen LogP contribution >= 0.6 is 11.8 Å². The average molecular weight is 390 g/mol. The lowest BCUT2D eigenvalue weighted by Gasteiger charge is -2.22. The summed E-state index contributed by atoms with van der Waals surface area (Å²) in [5.41, 5.74) is 0.0594. The second kappa shape index (κ2) is 8.99. The highest BCUT2D eigenvalue weighted by atomic mass is 32.2. The number of hydrogen-bond acceptors (Lipinski definition) is 3. The molecule has 1 fully saturated rings. The van der Waals surface area contributed by atoms with Crippen LogP contribution in [0.3, 0.4) is 0 Å². The number of nitrogens with zero attached hydrogens (tertiary/aromatic N) is 2. The second-order valence-electron chi connectivity index (χ2n) is 6.25. The maximum atomic E-state index is 13.8. The Kier molecular flexibility index (Phi) is 6.45. The quantitative estimate of drug-likeness (QED) is 0.751. The molecule has 0 aliphatic carbocycles. The van der Waals surface area contributed by atoms with Crippen molar-refractivity contribution in [3.63, 3.8) is 0 Å². The molecule has 1 heterocycles. The third-order valence-electron chi connectivity index (χ3n) is 4.42. The summed E-state index contributed by atoms with van der Waals surface area (Å²) < 4.78 is 26.8. The molecule has 0 N–H and O–H groups in total. The van der Waals surface area contributed by atoms with Crippen LogP contribution in [0.15, 0.2) is 53.4 Å². The van der Waals surface area contributed by atoms with E-state index in [9.17, 15) is 18.4 Å². The summed E-state index contributed by atoms with van der Waals surface area (Å²) in [7, 11) is 0. The average Bonchev–Trinajstić information content (AvgIpc) is 2.93. The van der Waals surface area contributed by atoms with Gasteiger partial charge in [0, 0.05) is 31.1 Å². The summed E-state index contributed by atoms with van der Waals surface area (Å²) in [6, 6.07) is 12.0. The fourth-order valence-corrected chi connectivity index (χ4v) is 3.74. The highest BCUT2D eigenvalue weighted by Crippen LogP contribution is 2.19. The van der Waals surface area contributed by atoms with E-state index in [1.165, 1.54) is 36.0 Å². The Hall–Kier alpha value is -2.41. The lowest BCUT2D eigenvalue weighted by atomic mass is 10.2. The SMILES string of the molecule is O=C(CSc1ccc(F)cc1)N1CCCN(C(=O)c2ccccc2F)CC1. The molecule has 0 spiro atoms. The summed E-state index contributed by atoms with van der Waals surface area (Å²) in [6.45, 7) is 1.84. The minimum absolute atomic E-state index is 0.0236. The second-order valence-corrected chi connectivity index (χ2v) is 7.30. The van der Waals surface area contributed by atoms with Crippen LogP contribution in [-0.2, 0) is 4.79 Å². The van der Waals surface area contributed by atoms with Gasteiger partial charge in [0.25, 0.3) is 5.91 Å². The summed E-state index contributed by atoms with van der Waals surface area (Å²) in [5.74, 6) is -0.951. The maximum absolute atomic E-state index is 13.8. The molecule has 27 heavy (non-hydrogen) atoms. The molecule has 1 saturated heterocycles. The Labute approximate surface area is 161 Å². The molecule has 142 valence electrons. The van der Waals surface area contributed by atoms with Crippen LogP contribution in [0.25, 0.3) is 0 Å². The van der Waals surface area contributed by atoms with Crippen molar-refractivity contribution in [1.29, 1.82) is 0 Å². The van der Waals surface area contributed by atoms with Crippen molar-refractivity contribution in [3.8, 4) is 0 Å².